The second kappa shape index (κ2) is 7.95. The zero-order valence-corrected chi connectivity index (χ0v) is 14.3. The van der Waals surface area contributed by atoms with Crippen molar-refractivity contribution in [2.45, 2.75) is 31.8 Å². The smallest absolute Gasteiger partial charge is 0.414 e. The summed E-state index contributed by atoms with van der Waals surface area (Å²) in [6.45, 7) is 6.59. The molecule has 0 saturated carbocycles. The highest BCUT2D eigenvalue weighted by Gasteiger charge is 2.37. The van der Waals surface area contributed by atoms with E-state index in [2.05, 4.69) is 11.5 Å². The Kier molecular flexibility index (Phi) is 5.68. The third-order valence-corrected chi connectivity index (χ3v) is 5.07. The summed E-state index contributed by atoms with van der Waals surface area (Å²) in [5, 5.41) is 0. The molecule has 6 heteroatoms. The Balaban J connectivity index is 1.76. The van der Waals surface area contributed by atoms with Gasteiger partial charge in [-0.25, -0.2) is 13.6 Å². The van der Waals surface area contributed by atoms with Crippen molar-refractivity contribution in [3.63, 3.8) is 0 Å². The summed E-state index contributed by atoms with van der Waals surface area (Å²) in [5.74, 6) is -1.18. The number of para-hydroxylation sites is 1. The molecule has 1 amide bonds. The number of piperidine rings is 3. The Hall–Kier alpha value is -1.95. The molecule has 136 valence electrons. The van der Waals surface area contributed by atoms with Gasteiger partial charge in [0.25, 0.3) is 0 Å². The van der Waals surface area contributed by atoms with E-state index in [1.165, 1.54) is 6.07 Å². The predicted octanol–water partition coefficient (Wildman–Crippen LogP) is 3.97. The van der Waals surface area contributed by atoms with E-state index in [4.69, 9.17) is 4.74 Å². The minimum atomic E-state index is -0.760. The van der Waals surface area contributed by atoms with Gasteiger partial charge in [0.15, 0.2) is 0 Å². The average molecular weight is 350 g/mol. The van der Waals surface area contributed by atoms with E-state index in [-0.39, 0.29) is 18.3 Å². The minimum Gasteiger partial charge on any atom is -0.444 e. The summed E-state index contributed by atoms with van der Waals surface area (Å²) < 4.78 is 34.0. The number of amides is 1. The Bertz CT molecular complexity index is 610. The molecule has 0 N–H and O–H groups in total. The van der Waals surface area contributed by atoms with Gasteiger partial charge in [-0.05, 0) is 56.8 Å². The van der Waals surface area contributed by atoms with E-state index in [0.717, 1.165) is 43.0 Å². The van der Waals surface area contributed by atoms with Crippen LogP contribution in [0.15, 0.2) is 30.9 Å². The Morgan fingerprint density at radius 2 is 2.00 bits per heavy atom. The summed E-state index contributed by atoms with van der Waals surface area (Å²) in [6.07, 6.45) is 4.06. The summed E-state index contributed by atoms with van der Waals surface area (Å²) in [6, 6.07) is 3.59. The van der Waals surface area contributed by atoms with Gasteiger partial charge in [-0.2, -0.15) is 0 Å². The quantitative estimate of drug-likeness (QED) is 0.575. The second-order valence-electron chi connectivity index (χ2n) is 6.71. The summed E-state index contributed by atoms with van der Waals surface area (Å²) in [5.41, 5.74) is -0.335. The van der Waals surface area contributed by atoms with Crippen LogP contribution in [0.5, 0.6) is 0 Å². The molecule has 1 aromatic rings. The van der Waals surface area contributed by atoms with Crippen molar-refractivity contribution in [2.75, 3.05) is 31.1 Å². The number of ether oxygens (including phenoxy) is 1. The van der Waals surface area contributed by atoms with Crippen molar-refractivity contribution in [1.82, 2.24) is 4.90 Å². The lowest BCUT2D eigenvalue weighted by molar-refractivity contribution is -0.0311. The number of halogens is 2. The van der Waals surface area contributed by atoms with E-state index in [9.17, 15) is 13.6 Å². The topological polar surface area (TPSA) is 32.8 Å². The Morgan fingerprint density at radius 1 is 1.32 bits per heavy atom. The fraction of sp³-hybridized carbons (Fsp3) is 0.526. The van der Waals surface area contributed by atoms with Crippen molar-refractivity contribution in [1.29, 1.82) is 0 Å². The lowest BCUT2D eigenvalue weighted by Gasteiger charge is -2.44. The lowest BCUT2D eigenvalue weighted by Crippen LogP contribution is -2.53. The molecule has 4 nitrogen and oxygen atoms in total. The number of anilines is 1. The van der Waals surface area contributed by atoms with Gasteiger partial charge >= 0.3 is 6.09 Å². The molecule has 3 heterocycles. The van der Waals surface area contributed by atoms with E-state index in [1.807, 2.05) is 0 Å². The lowest BCUT2D eigenvalue weighted by atomic mass is 9.86. The molecule has 3 aliphatic heterocycles. The van der Waals surface area contributed by atoms with Crippen LogP contribution in [0.3, 0.4) is 0 Å². The fourth-order valence-electron chi connectivity index (χ4n) is 3.67. The monoisotopic (exact) mass is 350 g/mol. The number of carbonyl (C=O) groups is 1. The number of hydrogen-bond donors (Lipinski definition) is 0. The van der Waals surface area contributed by atoms with Crippen LogP contribution in [0.4, 0.5) is 19.3 Å². The molecule has 4 rings (SSSR count). The standard InChI is InChI=1S/C19H24F2N2O2/c1-2-3-4-10-23(18-15(20)6-5-7-16(18)21)19(24)25-17-13-22-11-8-14(17)9-12-22/h2,5-7,14,17H,1,3-4,8-13H2/t17-/m0/s1. The highest BCUT2D eigenvalue weighted by Crippen LogP contribution is 2.31. The number of carbonyl (C=O) groups excluding carboxylic acids is 1. The van der Waals surface area contributed by atoms with Crippen LogP contribution in [0, 0.1) is 17.6 Å². The van der Waals surface area contributed by atoms with Crippen LogP contribution < -0.4 is 4.90 Å². The first kappa shape index (κ1) is 17.9. The van der Waals surface area contributed by atoms with E-state index >= 15 is 0 Å². The van der Waals surface area contributed by atoms with Crippen molar-refractivity contribution < 1.29 is 18.3 Å². The number of nitrogens with zero attached hydrogens (tertiary/aromatic N) is 2. The number of fused-ring (bicyclic) bond motifs is 3. The number of allylic oxidation sites excluding steroid dienone is 1. The maximum Gasteiger partial charge on any atom is 0.414 e. The van der Waals surface area contributed by atoms with E-state index in [1.54, 1.807) is 6.08 Å². The molecule has 1 atom stereocenters. The largest absolute Gasteiger partial charge is 0.444 e. The molecule has 0 spiro atoms. The minimum absolute atomic E-state index is 0.184. The zero-order chi connectivity index (χ0) is 17.8. The van der Waals surface area contributed by atoms with Crippen molar-refractivity contribution in [3.05, 3.63) is 42.5 Å². The molecule has 1 aromatic carbocycles. The van der Waals surface area contributed by atoms with Gasteiger partial charge in [0.1, 0.15) is 23.4 Å². The van der Waals surface area contributed by atoms with E-state index in [0.29, 0.717) is 25.3 Å². The third kappa shape index (κ3) is 4.00. The maximum atomic E-state index is 14.2. The predicted molar refractivity (Wildman–Crippen MR) is 92.6 cm³/mol. The summed E-state index contributed by atoms with van der Waals surface area (Å²) in [7, 11) is 0. The number of benzene rings is 1. The van der Waals surface area contributed by atoms with Gasteiger partial charge in [-0.1, -0.05) is 12.1 Å². The number of unbranched alkanes of at least 4 members (excludes halogenated alkanes) is 1. The van der Waals surface area contributed by atoms with Crippen molar-refractivity contribution in [3.8, 4) is 0 Å². The maximum absolute atomic E-state index is 14.2. The molecule has 2 bridgehead atoms. The van der Waals surface area contributed by atoms with Gasteiger partial charge in [-0.3, -0.25) is 9.80 Å². The third-order valence-electron chi connectivity index (χ3n) is 5.07. The Morgan fingerprint density at radius 3 is 2.56 bits per heavy atom. The van der Waals surface area contributed by atoms with Crippen LogP contribution in [0.25, 0.3) is 0 Å². The normalized spacial score (nSPS) is 24.8. The van der Waals surface area contributed by atoms with E-state index < -0.39 is 17.7 Å². The summed E-state index contributed by atoms with van der Waals surface area (Å²) >= 11 is 0. The van der Waals surface area contributed by atoms with Gasteiger partial charge in [0.05, 0.1) is 0 Å². The van der Waals surface area contributed by atoms with Crippen LogP contribution in [-0.4, -0.2) is 43.3 Å². The SMILES string of the molecule is C=CCCCN(C(=O)O[C@H]1CN2CCC1CC2)c1c(F)cccc1F. The molecule has 3 aliphatic rings. The molecule has 0 unspecified atom stereocenters. The molecule has 0 aliphatic carbocycles. The van der Waals surface area contributed by atoms with Crippen LogP contribution >= 0.6 is 0 Å². The van der Waals surface area contributed by atoms with Crippen molar-refractivity contribution >= 4 is 11.8 Å². The van der Waals surface area contributed by atoms with Gasteiger partial charge in [0.2, 0.25) is 0 Å². The highest BCUT2D eigenvalue weighted by molar-refractivity contribution is 5.88. The molecule has 3 fully saturated rings. The zero-order valence-electron chi connectivity index (χ0n) is 14.3. The highest BCUT2D eigenvalue weighted by atomic mass is 19.1. The number of rotatable bonds is 6. The molecule has 25 heavy (non-hydrogen) atoms. The Labute approximate surface area is 147 Å². The molecular formula is C19H24F2N2O2. The fourth-order valence-corrected chi connectivity index (χ4v) is 3.67. The summed E-state index contributed by atoms with van der Waals surface area (Å²) in [4.78, 5) is 16.1. The molecule has 0 aromatic heterocycles. The van der Waals surface area contributed by atoms with Gasteiger partial charge in [-0.15, -0.1) is 6.58 Å². The first-order valence-electron chi connectivity index (χ1n) is 8.85. The second-order valence-corrected chi connectivity index (χ2v) is 6.71. The van der Waals surface area contributed by atoms with Crippen LogP contribution in [-0.2, 0) is 4.74 Å². The number of hydrogen-bond acceptors (Lipinski definition) is 3. The van der Waals surface area contributed by atoms with Crippen LogP contribution in [0.1, 0.15) is 25.7 Å². The van der Waals surface area contributed by atoms with Crippen LogP contribution in [0.2, 0.25) is 0 Å². The molecular weight excluding hydrogens is 326 g/mol. The first-order chi connectivity index (χ1) is 12.1. The first-order valence-corrected chi connectivity index (χ1v) is 8.85. The van der Waals surface area contributed by atoms with Gasteiger partial charge in [0, 0.05) is 13.1 Å². The molecule has 3 saturated heterocycles. The van der Waals surface area contributed by atoms with Gasteiger partial charge < -0.3 is 4.74 Å². The molecule has 0 radical (unpaired) electrons. The average Bonchev–Trinajstić information content (AvgIpc) is 2.61. The van der Waals surface area contributed by atoms with Crippen molar-refractivity contribution in [2.24, 2.45) is 5.92 Å².